The van der Waals surface area contributed by atoms with Gasteiger partial charge in [-0.3, -0.25) is 4.79 Å². The summed E-state index contributed by atoms with van der Waals surface area (Å²) in [6.07, 6.45) is 7.90. The number of hydrogen-bond donors (Lipinski definition) is 1. The number of aromatic nitrogens is 1. The Bertz CT molecular complexity index is 577. The monoisotopic (exact) mass is 337 g/mol. The summed E-state index contributed by atoms with van der Waals surface area (Å²) in [5, 5.41) is 0.929. The Labute approximate surface area is 127 Å². The van der Waals surface area contributed by atoms with Crippen LogP contribution in [0.3, 0.4) is 0 Å². The molecule has 0 bridgehead atoms. The minimum Gasteiger partial charge on any atom is -0.424 e. The number of benzene rings is 1. The second kappa shape index (κ2) is 7.48. The summed E-state index contributed by atoms with van der Waals surface area (Å²) in [5.74, 6) is 0.460. The van der Waals surface area contributed by atoms with Crippen LogP contribution in [0.25, 0.3) is 10.9 Å². The maximum Gasteiger partial charge on any atom is 0.311 e. The van der Waals surface area contributed by atoms with E-state index in [0.717, 1.165) is 28.2 Å². The van der Waals surface area contributed by atoms with Gasteiger partial charge < -0.3 is 9.72 Å². The topological polar surface area (TPSA) is 42.1 Å². The molecule has 0 amide bonds. The van der Waals surface area contributed by atoms with Gasteiger partial charge in [-0.05, 0) is 24.6 Å². The lowest BCUT2D eigenvalue weighted by atomic mass is 10.1. The van der Waals surface area contributed by atoms with Crippen molar-refractivity contribution in [2.75, 3.05) is 0 Å². The van der Waals surface area contributed by atoms with Crippen molar-refractivity contribution in [3.05, 3.63) is 28.9 Å². The van der Waals surface area contributed by atoms with E-state index in [1.165, 1.54) is 19.3 Å². The summed E-state index contributed by atoms with van der Waals surface area (Å²) < 4.78 is 6.41. The van der Waals surface area contributed by atoms with Gasteiger partial charge in [-0.1, -0.05) is 48.5 Å². The molecule has 0 atom stereocenters. The van der Waals surface area contributed by atoms with Crippen LogP contribution in [0.4, 0.5) is 0 Å². The second-order valence-corrected chi connectivity index (χ2v) is 5.90. The molecule has 1 aromatic heterocycles. The molecular formula is C16H20BrNO2. The van der Waals surface area contributed by atoms with Crippen molar-refractivity contribution in [1.82, 2.24) is 4.98 Å². The molecular weight excluding hydrogens is 318 g/mol. The first-order valence-electron chi connectivity index (χ1n) is 7.18. The second-order valence-electron chi connectivity index (χ2n) is 4.98. The van der Waals surface area contributed by atoms with Crippen LogP contribution in [0.2, 0.25) is 0 Å². The molecule has 1 aromatic carbocycles. The van der Waals surface area contributed by atoms with Gasteiger partial charge >= 0.3 is 5.97 Å². The van der Waals surface area contributed by atoms with Crippen LogP contribution in [0, 0.1) is 0 Å². The van der Waals surface area contributed by atoms with Crippen LogP contribution in [-0.4, -0.2) is 11.0 Å². The van der Waals surface area contributed by atoms with Crippen molar-refractivity contribution in [1.29, 1.82) is 0 Å². The molecule has 108 valence electrons. The number of esters is 1. The predicted octanol–water partition coefficient (Wildman–Crippen LogP) is 5.20. The molecule has 2 aromatic rings. The molecule has 0 saturated carbocycles. The quantitative estimate of drug-likeness (QED) is 0.557. The Hall–Kier alpha value is -1.29. The minimum absolute atomic E-state index is 0.151. The molecule has 1 N–H and O–H groups in total. The Balaban J connectivity index is 1.88. The van der Waals surface area contributed by atoms with E-state index in [0.29, 0.717) is 12.2 Å². The summed E-state index contributed by atoms with van der Waals surface area (Å²) in [6, 6.07) is 5.87. The molecule has 2 rings (SSSR count). The van der Waals surface area contributed by atoms with E-state index in [-0.39, 0.29) is 5.97 Å². The summed E-state index contributed by atoms with van der Waals surface area (Å²) >= 11 is 3.43. The molecule has 0 fully saturated rings. The maximum atomic E-state index is 11.8. The lowest BCUT2D eigenvalue weighted by molar-refractivity contribution is -0.134. The van der Waals surface area contributed by atoms with Crippen LogP contribution in [0.1, 0.15) is 45.4 Å². The van der Waals surface area contributed by atoms with E-state index in [1.54, 1.807) is 6.20 Å². The fraction of sp³-hybridized carbons (Fsp3) is 0.438. The zero-order valence-electron chi connectivity index (χ0n) is 11.7. The number of ether oxygens (including phenoxy) is 1. The maximum absolute atomic E-state index is 11.8. The number of carbonyl (C=O) groups excluding carboxylic acids is 1. The van der Waals surface area contributed by atoms with E-state index in [1.807, 2.05) is 18.2 Å². The molecule has 0 aliphatic carbocycles. The molecule has 0 aliphatic rings. The number of rotatable bonds is 7. The van der Waals surface area contributed by atoms with E-state index < -0.39 is 0 Å². The standard InChI is InChI=1S/C16H20BrNO2/c1-2-3-4-5-6-7-16(19)20-15-11-18-14-9-8-12(17)10-13(14)15/h8-11,18H,2-7H2,1H3. The van der Waals surface area contributed by atoms with Crippen molar-refractivity contribution >= 4 is 32.8 Å². The van der Waals surface area contributed by atoms with Gasteiger partial charge in [-0.15, -0.1) is 0 Å². The van der Waals surface area contributed by atoms with E-state index >= 15 is 0 Å². The molecule has 0 unspecified atom stereocenters. The van der Waals surface area contributed by atoms with Crippen LogP contribution in [0.15, 0.2) is 28.9 Å². The molecule has 20 heavy (non-hydrogen) atoms. The summed E-state index contributed by atoms with van der Waals surface area (Å²) in [7, 11) is 0. The number of H-pyrrole nitrogens is 1. The third-order valence-electron chi connectivity index (χ3n) is 3.31. The minimum atomic E-state index is -0.151. The van der Waals surface area contributed by atoms with Gasteiger partial charge in [0.2, 0.25) is 0 Å². The number of nitrogens with one attached hydrogen (secondary N) is 1. The third kappa shape index (κ3) is 4.10. The van der Waals surface area contributed by atoms with Gasteiger partial charge in [0, 0.05) is 28.0 Å². The Morgan fingerprint density at radius 1 is 1.25 bits per heavy atom. The molecule has 0 saturated heterocycles. The van der Waals surface area contributed by atoms with Crippen LogP contribution < -0.4 is 4.74 Å². The molecule has 0 radical (unpaired) electrons. The van der Waals surface area contributed by atoms with Crippen molar-refractivity contribution < 1.29 is 9.53 Å². The number of halogens is 1. The summed E-state index contributed by atoms with van der Waals surface area (Å²) in [4.78, 5) is 14.9. The third-order valence-corrected chi connectivity index (χ3v) is 3.81. The number of unbranched alkanes of at least 4 members (excludes halogenated alkanes) is 4. The van der Waals surface area contributed by atoms with Gasteiger partial charge in [0.05, 0.1) is 0 Å². The predicted molar refractivity (Wildman–Crippen MR) is 85.0 cm³/mol. The average Bonchev–Trinajstić information content (AvgIpc) is 2.81. The Morgan fingerprint density at radius 2 is 2.05 bits per heavy atom. The zero-order chi connectivity index (χ0) is 14.4. The summed E-state index contributed by atoms with van der Waals surface area (Å²) in [6.45, 7) is 2.18. The average molecular weight is 338 g/mol. The highest BCUT2D eigenvalue weighted by Gasteiger charge is 2.10. The number of fused-ring (bicyclic) bond motifs is 1. The van der Waals surface area contributed by atoms with Gasteiger partial charge in [-0.25, -0.2) is 0 Å². The lowest BCUT2D eigenvalue weighted by Gasteiger charge is -2.03. The fourth-order valence-corrected chi connectivity index (χ4v) is 2.56. The van der Waals surface area contributed by atoms with Gasteiger partial charge in [0.15, 0.2) is 5.75 Å². The van der Waals surface area contributed by atoms with E-state index in [4.69, 9.17) is 4.74 Å². The molecule has 4 heteroatoms. The first-order chi connectivity index (χ1) is 9.70. The smallest absolute Gasteiger partial charge is 0.311 e. The number of hydrogen-bond acceptors (Lipinski definition) is 2. The van der Waals surface area contributed by atoms with Crippen LogP contribution >= 0.6 is 15.9 Å². The molecule has 1 heterocycles. The highest BCUT2D eigenvalue weighted by atomic mass is 79.9. The van der Waals surface area contributed by atoms with E-state index in [2.05, 4.69) is 27.8 Å². The van der Waals surface area contributed by atoms with Gasteiger partial charge in [-0.2, -0.15) is 0 Å². The summed E-state index contributed by atoms with van der Waals surface area (Å²) in [5.41, 5.74) is 0.971. The largest absolute Gasteiger partial charge is 0.424 e. The van der Waals surface area contributed by atoms with Crippen molar-refractivity contribution in [2.24, 2.45) is 0 Å². The lowest BCUT2D eigenvalue weighted by Crippen LogP contribution is -2.07. The SMILES string of the molecule is CCCCCCCC(=O)Oc1c[nH]c2ccc(Br)cc12. The molecule has 0 spiro atoms. The first-order valence-corrected chi connectivity index (χ1v) is 7.97. The Kier molecular flexibility index (Phi) is 5.65. The van der Waals surface area contributed by atoms with Crippen LogP contribution in [-0.2, 0) is 4.79 Å². The van der Waals surface area contributed by atoms with E-state index in [9.17, 15) is 4.79 Å². The number of aromatic amines is 1. The molecule has 3 nitrogen and oxygen atoms in total. The number of carbonyl (C=O) groups is 1. The highest BCUT2D eigenvalue weighted by molar-refractivity contribution is 9.10. The van der Waals surface area contributed by atoms with Gasteiger partial charge in [0.1, 0.15) is 0 Å². The first kappa shape index (κ1) is 15.1. The van der Waals surface area contributed by atoms with Gasteiger partial charge in [0.25, 0.3) is 0 Å². The fourth-order valence-electron chi connectivity index (χ4n) is 2.20. The highest BCUT2D eigenvalue weighted by Crippen LogP contribution is 2.28. The van der Waals surface area contributed by atoms with Crippen molar-refractivity contribution in [2.45, 2.75) is 45.4 Å². The zero-order valence-corrected chi connectivity index (χ0v) is 13.3. The van der Waals surface area contributed by atoms with Crippen molar-refractivity contribution in [3.63, 3.8) is 0 Å². The van der Waals surface area contributed by atoms with Crippen molar-refractivity contribution in [3.8, 4) is 5.75 Å². The Morgan fingerprint density at radius 3 is 2.85 bits per heavy atom. The normalized spacial score (nSPS) is 10.9. The van der Waals surface area contributed by atoms with Crippen LogP contribution in [0.5, 0.6) is 5.75 Å². The molecule has 0 aliphatic heterocycles.